The maximum absolute atomic E-state index is 8.79. The van der Waals surface area contributed by atoms with Crippen LogP contribution < -0.4 is 0 Å². The number of H-pyrrole nitrogens is 1. The Hall–Kier alpha value is -3.05. The van der Waals surface area contributed by atoms with Gasteiger partial charge in [0.15, 0.2) is 5.82 Å². The minimum atomic E-state index is 0.402. The Kier molecular flexibility index (Phi) is 5.16. The molecule has 7 nitrogen and oxygen atoms in total. The summed E-state index contributed by atoms with van der Waals surface area (Å²) in [5, 5.41) is 24.8. The van der Waals surface area contributed by atoms with E-state index in [1.54, 1.807) is 15.6 Å². The fraction of sp³-hybridized carbons (Fsp3) is 0.235. The van der Waals surface area contributed by atoms with Crippen molar-refractivity contribution in [3.8, 4) is 17.3 Å². The molecule has 8 heteroatoms. The Bertz CT molecular complexity index is 973. The molecule has 0 saturated heterocycles. The SMILES string of the molecule is CCc1n[nH]c(=S)n1/N=C\c1cn(CCC#N)nc1-c1ccccc1. The van der Waals surface area contributed by atoms with Crippen LogP contribution in [0.2, 0.25) is 0 Å². The van der Waals surface area contributed by atoms with Gasteiger partial charge in [0.25, 0.3) is 0 Å². The standard InChI is InChI=1S/C17H17N7S/c1-2-15-20-21-17(25)24(15)19-11-14-12-23(10-6-9-18)22-16(14)13-7-4-3-5-8-13/h3-5,7-8,11-12H,2,6,10H2,1H3,(H,21,25)/b19-11-. The van der Waals surface area contributed by atoms with Gasteiger partial charge in [-0.15, -0.1) is 0 Å². The molecule has 0 amide bonds. The van der Waals surface area contributed by atoms with Gasteiger partial charge >= 0.3 is 0 Å². The number of aromatic nitrogens is 5. The molecule has 0 fully saturated rings. The molecule has 25 heavy (non-hydrogen) atoms. The maximum Gasteiger partial charge on any atom is 0.216 e. The molecule has 3 aromatic rings. The van der Waals surface area contributed by atoms with Crippen LogP contribution in [0.5, 0.6) is 0 Å². The molecule has 1 aromatic carbocycles. The van der Waals surface area contributed by atoms with E-state index in [-0.39, 0.29) is 0 Å². The van der Waals surface area contributed by atoms with E-state index in [0.717, 1.165) is 29.1 Å². The lowest BCUT2D eigenvalue weighted by Gasteiger charge is -1.99. The van der Waals surface area contributed by atoms with Gasteiger partial charge < -0.3 is 0 Å². The zero-order valence-corrected chi connectivity index (χ0v) is 14.6. The van der Waals surface area contributed by atoms with Crippen molar-refractivity contribution in [2.45, 2.75) is 26.3 Å². The zero-order valence-electron chi connectivity index (χ0n) is 13.8. The average Bonchev–Trinajstić information content (AvgIpc) is 3.22. The van der Waals surface area contributed by atoms with Gasteiger partial charge in [-0.3, -0.25) is 9.78 Å². The van der Waals surface area contributed by atoms with Gasteiger partial charge in [0.05, 0.1) is 25.2 Å². The van der Waals surface area contributed by atoms with Gasteiger partial charge in [0.2, 0.25) is 4.77 Å². The van der Waals surface area contributed by atoms with E-state index in [1.807, 2.05) is 43.5 Å². The molecule has 3 rings (SSSR count). The van der Waals surface area contributed by atoms with E-state index in [2.05, 4.69) is 26.5 Å². The van der Waals surface area contributed by atoms with Crippen LogP contribution in [-0.2, 0) is 13.0 Å². The van der Waals surface area contributed by atoms with Crippen LogP contribution in [-0.4, -0.2) is 30.9 Å². The first-order chi connectivity index (χ1) is 12.2. The average molecular weight is 351 g/mol. The predicted octanol–water partition coefficient (Wildman–Crippen LogP) is 3.16. The second-order valence-corrected chi connectivity index (χ2v) is 5.71. The predicted molar refractivity (Wildman–Crippen MR) is 97.7 cm³/mol. The van der Waals surface area contributed by atoms with Crippen molar-refractivity contribution in [2.24, 2.45) is 5.10 Å². The first-order valence-electron chi connectivity index (χ1n) is 7.93. The zero-order chi connectivity index (χ0) is 17.6. The Morgan fingerprint density at radius 3 is 2.88 bits per heavy atom. The topological polar surface area (TPSA) is 87.6 Å². The highest BCUT2D eigenvalue weighted by molar-refractivity contribution is 7.71. The number of nitrogens with one attached hydrogen (secondary N) is 1. The number of nitriles is 1. The van der Waals surface area contributed by atoms with Crippen LogP contribution in [0.25, 0.3) is 11.3 Å². The van der Waals surface area contributed by atoms with E-state index in [9.17, 15) is 0 Å². The molecule has 0 aliphatic heterocycles. The third-order valence-corrected chi connectivity index (χ3v) is 3.90. The smallest absolute Gasteiger partial charge is 0.216 e. The van der Waals surface area contributed by atoms with E-state index in [0.29, 0.717) is 17.7 Å². The summed E-state index contributed by atoms with van der Waals surface area (Å²) in [5.74, 6) is 0.763. The van der Waals surface area contributed by atoms with Crippen molar-refractivity contribution in [2.75, 3.05) is 0 Å². The highest BCUT2D eigenvalue weighted by Gasteiger charge is 2.10. The van der Waals surface area contributed by atoms with Crippen molar-refractivity contribution in [3.05, 3.63) is 52.7 Å². The Balaban J connectivity index is 2.01. The lowest BCUT2D eigenvalue weighted by atomic mass is 10.1. The molecule has 126 valence electrons. The number of hydrogen-bond donors (Lipinski definition) is 1. The third kappa shape index (κ3) is 3.72. The molecular formula is C17H17N7S. The van der Waals surface area contributed by atoms with Gasteiger partial charge in [0.1, 0.15) is 5.69 Å². The van der Waals surface area contributed by atoms with Crippen molar-refractivity contribution in [1.29, 1.82) is 5.26 Å². The number of aromatic amines is 1. The number of hydrogen-bond acceptors (Lipinski definition) is 5. The summed E-state index contributed by atoms with van der Waals surface area (Å²) >= 11 is 5.22. The first-order valence-corrected chi connectivity index (χ1v) is 8.34. The third-order valence-electron chi connectivity index (χ3n) is 3.64. The van der Waals surface area contributed by atoms with Crippen molar-refractivity contribution in [3.63, 3.8) is 0 Å². The number of benzene rings is 1. The lowest BCUT2D eigenvalue weighted by Crippen LogP contribution is -1.97. The van der Waals surface area contributed by atoms with E-state index < -0.39 is 0 Å². The van der Waals surface area contributed by atoms with Crippen molar-refractivity contribution in [1.82, 2.24) is 24.7 Å². The van der Waals surface area contributed by atoms with Crippen molar-refractivity contribution < 1.29 is 0 Å². The van der Waals surface area contributed by atoms with Crippen LogP contribution in [0.3, 0.4) is 0 Å². The monoisotopic (exact) mass is 351 g/mol. The van der Waals surface area contributed by atoms with Crippen LogP contribution in [0.1, 0.15) is 24.7 Å². The number of nitrogens with zero attached hydrogens (tertiary/aromatic N) is 6. The van der Waals surface area contributed by atoms with E-state index >= 15 is 0 Å². The summed E-state index contributed by atoms with van der Waals surface area (Å²) in [6.07, 6.45) is 4.73. The minimum absolute atomic E-state index is 0.402. The second-order valence-electron chi connectivity index (χ2n) is 5.33. The number of aryl methyl sites for hydroxylation is 2. The normalized spacial score (nSPS) is 11.0. The van der Waals surface area contributed by atoms with Crippen LogP contribution in [0.4, 0.5) is 0 Å². The Morgan fingerprint density at radius 1 is 1.36 bits per heavy atom. The van der Waals surface area contributed by atoms with Gasteiger partial charge in [-0.2, -0.15) is 25.2 Å². The highest BCUT2D eigenvalue weighted by atomic mass is 32.1. The Labute approximate surface area is 150 Å². The molecule has 0 unspecified atom stereocenters. The molecule has 0 bridgehead atoms. The second kappa shape index (κ2) is 7.68. The molecule has 0 spiro atoms. The highest BCUT2D eigenvalue weighted by Crippen LogP contribution is 2.21. The van der Waals surface area contributed by atoms with Gasteiger partial charge in [-0.25, -0.2) is 0 Å². The summed E-state index contributed by atoms with van der Waals surface area (Å²) in [6.45, 7) is 2.53. The summed E-state index contributed by atoms with van der Waals surface area (Å²) in [6, 6.07) is 12.0. The molecule has 0 aliphatic carbocycles. The number of rotatable bonds is 6. The summed E-state index contributed by atoms with van der Waals surface area (Å²) in [4.78, 5) is 0. The molecular weight excluding hydrogens is 334 g/mol. The summed E-state index contributed by atoms with van der Waals surface area (Å²) in [7, 11) is 0. The molecule has 2 aromatic heterocycles. The largest absolute Gasteiger partial charge is 0.270 e. The molecule has 2 heterocycles. The summed E-state index contributed by atoms with van der Waals surface area (Å²) in [5.41, 5.74) is 2.66. The lowest BCUT2D eigenvalue weighted by molar-refractivity contribution is 0.629. The Morgan fingerprint density at radius 2 is 2.16 bits per heavy atom. The molecule has 0 atom stereocenters. The molecule has 0 saturated carbocycles. The minimum Gasteiger partial charge on any atom is -0.270 e. The first kappa shape index (κ1) is 16.8. The van der Waals surface area contributed by atoms with Gasteiger partial charge in [-0.1, -0.05) is 37.3 Å². The molecule has 0 aliphatic rings. The molecule has 0 radical (unpaired) electrons. The van der Waals surface area contributed by atoms with E-state index in [1.165, 1.54) is 0 Å². The maximum atomic E-state index is 8.79. The van der Waals surface area contributed by atoms with Crippen LogP contribution in [0.15, 0.2) is 41.6 Å². The summed E-state index contributed by atoms with van der Waals surface area (Å²) < 4.78 is 3.82. The van der Waals surface area contributed by atoms with Crippen LogP contribution >= 0.6 is 12.2 Å². The fourth-order valence-corrected chi connectivity index (χ4v) is 2.62. The molecule has 1 N–H and O–H groups in total. The van der Waals surface area contributed by atoms with Crippen LogP contribution in [0, 0.1) is 16.1 Å². The van der Waals surface area contributed by atoms with Crippen molar-refractivity contribution >= 4 is 18.4 Å². The quantitative estimate of drug-likeness (QED) is 0.546. The van der Waals surface area contributed by atoms with Gasteiger partial charge in [-0.05, 0) is 12.2 Å². The fourth-order valence-electron chi connectivity index (χ4n) is 2.42. The van der Waals surface area contributed by atoms with Gasteiger partial charge in [0, 0.05) is 23.7 Å². The van der Waals surface area contributed by atoms with E-state index in [4.69, 9.17) is 17.5 Å².